The zero-order valence-electron chi connectivity index (χ0n) is 22.8. The van der Waals surface area contributed by atoms with Gasteiger partial charge in [-0.1, -0.05) is 96.4 Å². The van der Waals surface area contributed by atoms with Crippen LogP contribution in [0.2, 0.25) is 0 Å². The molecule has 4 rings (SSSR count). The highest BCUT2D eigenvalue weighted by molar-refractivity contribution is 9.09. The second kappa shape index (κ2) is 14.3. The number of rotatable bonds is 14. The molecule has 0 unspecified atom stereocenters. The molecule has 0 aromatic heterocycles. The van der Waals surface area contributed by atoms with Gasteiger partial charge in [0.2, 0.25) is 5.72 Å². The molecule has 0 radical (unpaired) electrons. The van der Waals surface area contributed by atoms with Crippen molar-refractivity contribution in [2.45, 2.75) is 50.3 Å². The summed E-state index contributed by atoms with van der Waals surface area (Å²) >= 11 is 4.87. The van der Waals surface area contributed by atoms with E-state index in [1.165, 1.54) is 23.6 Å². The topological polar surface area (TPSA) is 94.2 Å². The molecule has 1 amide bonds. The Bertz CT molecular complexity index is 1170. The van der Waals surface area contributed by atoms with Crippen LogP contribution in [0, 0.1) is 0 Å². The normalized spacial score (nSPS) is 20.2. The Morgan fingerprint density at radius 1 is 1.10 bits per heavy atom. The molecule has 2 aliphatic rings. The van der Waals surface area contributed by atoms with E-state index in [0.717, 1.165) is 30.4 Å². The van der Waals surface area contributed by atoms with Crippen molar-refractivity contribution in [3.63, 3.8) is 0 Å². The van der Waals surface area contributed by atoms with Crippen molar-refractivity contribution in [2.24, 2.45) is 0 Å². The van der Waals surface area contributed by atoms with Crippen molar-refractivity contribution in [1.82, 2.24) is 10.2 Å². The third-order valence-electron chi connectivity index (χ3n) is 6.76. The number of fused-ring (bicyclic) bond motifs is 1. The predicted octanol–water partition coefficient (Wildman–Crippen LogP) is 4.94. The van der Waals surface area contributed by atoms with Gasteiger partial charge in [-0.3, -0.25) is 19.8 Å². The summed E-state index contributed by atoms with van der Waals surface area (Å²) in [5.41, 5.74) is 0.986. The van der Waals surface area contributed by atoms with Crippen LogP contribution in [0.1, 0.15) is 50.3 Å². The van der Waals surface area contributed by atoms with Crippen LogP contribution in [0.15, 0.2) is 71.9 Å². The van der Waals surface area contributed by atoms with Crippen LogP contribution < -0.4 is 5.32 Å². The van der Waals surface area contributed by atoms with Gasteiger partial charge in [0.15, 0.2) is 6.10 Å². The molecular weight excluding hydrogens is 596 g/mol. The van der Waals surface area contributed by atoms with Crippen LogP contribution >= 0.6 is 27.7 Å². The maximum absolute atomic E-state index is 14.0. The minimum Gasteiger partial charge on any atom is -0.461 e. The van der Waals surface area contributed by atoms with E-state index in [1.807, 2.05) is 60.7 Å². The number of hydrogen-bond acceptors (Lipinski definition) is 8. The predicted molar refractivity (Wildman–Crippen MR) is 158 cm³/mol. The number of thioether (sulfide) groups is 1. The van der Waals surface area contributed by atoms with Crippen LogP contribution in [-0.4, -0.2) is 64.7 Å². The molecule has 40 heavy (non-hydrogen) atoms. The van der Waals surface area contributed by atoms with E-state index in [2.05, 4.69) is 28.2 Å². The first-order valence-electron chi connectivity index (χ1n) is 13.5. The lowest BCUT2D eigenvalue weighted by atomic mass is 9.97. The number of ether oxygens (including phenoxy) is 3. The fourth-order valence-electron chi connectivity index (χ4n) is 4.82. The van der Waals surface area contributed by atoms with Crippen molar-refractivity contribution in [3.05, 3.63) is 83.1 Å². The van der Waals surface area contributed by atoms with Gasteiger partial charge < -0.3 is 14.2 Å². The van der Waals surface area contributed by atoms with Crippen molar-refractivity contribution in [3.8, 4) is 0 Å². The van der Waals surface area contributed by atoms with Gasteiger partial charge in [0.05, 0.1) is 6.61 Å². The Morgan fingerprint density at radius 2 is 1.75 bits per heavy atom. The molecular formula is C30H35BrN2O6S. The molecule has 10 heteroatoms. The maximum atomic E-state index is 14.0. The summed E-state index contributed by atoms with van der Waals surface area (Å²) in [7, 11) is 0. The summed E-state index contributed by atoms with van der Waals surface area (Å²) in [6.45, 7) is 4.26. The second-order valence-electron chi connectivity index (χ2n) is 9.58. The van der Waals surface area contributed by atoms with Crippen molar-refractivity contribution in [2.75, 3.05) is 30.8 Å². The molecule has 0 bridgehead atoms. The Balaban J connectivity index is 1.67. The lowest BCUT2D eigenvalue weighted by Gasteiger charge is -2.56. The number of nitrogens with zero attached hydrogens (tertiary/aromatic N) is 1. The van der Waals surface area contributed by atoms with Crippen LogP contribution in [0.4, 0.5) is 0 Å². The van der Waals surface area contributed by atoms with E-state index in [9.17, 15) is 14.4 Å². The number of alkyl halides is 1. The summed E-state index contributed by atoms with van der Waals surface area (Å²) < 4.78 is 17.6. The molecule has 0 spiro atoms. The maximum Gasteiger partial charge on any atom is 0.356 e. The summed E-state index contributed by atoms with van der Waals surface area (Å²) in [5.74, 6) is -1.10. The first-order valence-corrected chi connectivity index (χ1v) is 15.7. The highest BCUT2D eigenvalue weighted by Crippen LogP contribution is 2.47. The largest absolute Gasteiger partial charge is 0.461 e. The van der Waals surface area contributed by atoms with Crippen molar-refractivity contribution < 1.29 is 28.6 Å². The number of unbranched alkanes of at least 4 members (excludes halogenated alkanes) is 2. The van der Waals surface area contributed by atoms with Gasteiger partial charge in [-0.2, -0.15) is 0 Å². The molecule has 1 saturated heterocycles. The number of amides is 1. The lowest BCUT2D eigenvalue weighted by Crippen LogP contribution is -2.80. The van der Waals surface area contributed by atoms with E-state index in [0.29, 0.717) is 29.8 Å². The highest BCUT2D eigenvalue weighted by atomic mass is 79.9. The summed E-state index contributed by atoms with van der Waals surface area (Å²) in [6.07, 6.45) is 2.29. The molecule has 2 aliphatic heterocycles. The number of halogens is 1. The van der Waals surface area contributed by atoms with E-state index in [-0.39, 0.29) is 18.2 Å². The molecule has 0 aliphatic carbocycles. The van der Waals surface area contributed by atoms with Gasteiger partial charge in [0.1, 0.15) is 17.7 Å². The molecule has 2 aromatic rings. The van der Waals surface area contributed by atoms with E-state index < -0.39 is 29.1 Å². The number of nitrogens with one attached hydrogen (secondary N) is 1. The summed E-state index contributed by atoms with van der Waals surface area (Å²) in [4.78, 5) is 40.9. The highest BCUT2D eigenvalue weighted by Gasteiger charge is 2.66. The number of esters is 2. The van der Waals surface area contributed by atoms with Crippen LogP contribution in [-0.2, 0) is 28.6 Å². The smallest absolute Gasteiger partial charge is 0.356 e. The zero-order chi connectivity index (χ0) is 28.5. The molecule has 1 N–H and O–H groups in total. The zero-order valence-corrected chi connectivity index (χ0v) is 25.2. The Morgan fingerprint density at radius 3 is 2.33 bits per heavy atom. The molecule has 2 aromatic carbocycles. The Kier molecular flexibility index (Phi) is 10.8. The third kappa shape index (κ3) is 6.62. The molecule has 1 fully saturated rings. The number of hydrogen-bond donors (Lipinski definition) is 1. The molecule has 2 atom stereocenters. The molecule has 8 nitrogen and oxygen atoms in total. The quantitative estimate of drug-likeness (QED) is 0.103. The SMILES string of the molecule is CCCCCN[C@@]1(OCCBr)C(=O)N2C(C(=O)OC(c3ccccc3)c3ccccc3)=C(COC(C)=O)CS[C@@H]21. The molecule has 214 valence electrons. The molecule has 0 saturated carbocycles. The average molecular weight is 632 g/mol. The fraction of sp³-hybridized carbons (Fsp3) is 0.433. The standard InChI is InChI=1S/C30H35BrN2O6S/c1-3-4-11-17-32-30(38-18-16-31)28(36)33-25(24(19-37-21(2)34)20-40-29(30)33)27(35)39-26(22-12-7-5-8-13-22)23-14-9-6-10-15-23/h5-10,12-15,26,29,32H,3-4,11,16-20H2,1-2H3/t29-,30-/m1/s1. The minimum atomic E-state index is -1.25. The molecule has 2 heterocycles. The first-order chi connectivity index (χ1) is 19.4. The van der Waals surface area contributed by atoms with E-state index >= 15 is 0 Å². The van der Waals surface area contributed by atoms with Gasteiger partial charge in [-0.05, 0) is 24.1 Å². The summed E-state index contributed by atoms with van der Waals surface area (Å²) in [6, 6.07) is 18.9. The van der Waals surface area contributed by atoms with Crippen LogP contribution in [0.5, 0.6) is 0 Å². The van der Waals surface area contributed by atoms with Crippen LogP contribution in [0.3, 0.4) is 0 Å². The Labute approximate surface area is 247 Å². The fourth-order valence-corrected chi connectivity index (χ4v) is 6.40. The second-order valence-corrected chi connectivity index (χ2v) is 11.4. The first kappa shape index (κ1) is 30.3. The summed E-state index contributed by atoms with van der Waals surface area (Å²) in [5, 5.41) is 3.44. The Hall–Kier alpha value is -2.66. The van der Waals surface area contributed by atoms with Gasteiger partial charge in [-0.15, -0.1) is 11.8 Å². The van der Waals surface area contributed by atoms with Gasteiger partial charge >= 0.3 is 11.9 Å². The third-order valence-corrected chi connectivity index (χ3v) is 8.45. The van der Waals surface area contributed by atoms with Gasteiger partial charge in [-0.25, -0.2) is 4.79 Å². The van der Waals surface area contributed by atoms with E-state index in [4.69, 9.17) is 14.2 Å². The van der Waals surface area contributed by atoms with Crippen molar-refractivity contribution >= 4 is 45.5 Å². The van der Waals surface area contributed by atoms with Gasteiger partial charge in [0.25, 0.3) is 5.91 Å². The number of carbonyl (C=O) groups excluding carboxylic acids is 3. The average Bonchev–Trinajstić information content (AvgIpc) is 2.98. The minimum absolute atomic E-state index is 0.107. The van der Waals surface area contributed by atoms with Crippen molar-refractivity contribution in [1.29, 1.82) is 0 Å². The lowest BCUT2D eigenvalue weighted by molar-refractivity contribution is -0.196. The van der Waals surface area contributed by atoms with Gasteiger partial charge in [0, 0.05) is 23.6 Å². The number of benzene rings is 2. The van der Waals surface area contributed by atoms with Crippen LogP contribution in [0.25, 0.3) is 0 Å². The number of carbonyl (C=O) groups is 3. The van der Waals surface area contributed by atoms with E-state index in [1.54, 1.807) is 0 Å². The number of β-lactam (4-membered cyclic amide) rings is 1. The monoisotopic (exact) mass is 630 g/mol.